The maximum absolute atomic E-state index is 11.9. The van der Waals surface area contributed by atoms with Gasteiger partial charge in [-0.05, 0) is 12.1 Å². The molecule has 0 saturated heterocycles. The molecule has 1 atom stereocenters. The summed E-state index contributed by atoms with van der Waals surface area (Å²) in [6.07, 6.45) is 0. The summed E-state index contributed by atoms with van der Waals surface area (Å²) in [5, 5.41) is 9.25. The molecular formula is C6H6FOP. The van der Waals surface area contributed by atoms with Crippen molar-refractivity contribution >= 4 is 14.2 Å². The molecule has 1 N–H and O–H groups in total. The van der Waals surface area contributed by atoms with Gasteiger partial charge in [-0.2, -0.15) is 0 Å². The molecule has 0 aromatic heterocycles. The van der Waals surface area contributed by atoms with Gasteiger partial charge in [0.15, 0.2) is 0 Å². The fourth-order valence-corrected chi connectivity index (χ4v) is 0.893. The first kappa shape index (κ1) is 6.50. The zero-order valence-electron chi connectivity index (χ0n) is 4.63. The Hall–Kier alpha value is -0.620. The lowest BCUT2D eigenvalue weighted by Gasteiger charge is -1.94. The third kappa shape index (κ3) is 1.39. The Labute approximate surface area is 54.4 Å². The zero-order chi connectivity index (χ0) is 6.69. The summed E-state index contributed by atoms with van der Waals surface area (Å²) in [4.78, 5) is 0. The van der Waals surface area contributed by atoms with E-state index in [0.717, 1.165) is 0 Å². The third-order valence-corrected chi connectivity index (χ3v) is 1.63. The summed E-state index contributed by atoms with van der Waals surface area (Å²) in [5.41, 5.74) is 0. The lowest BCUT2D eigenvalue weighted by molar-refractivity contribution is 0.479. The van der Waals surface area contributed by atoms with Gasteiger partial charge >= 0.3 is 0 Å². The van der Waals surface area contributed by atoms with Crippen LogP contribution in [0.5, 0.6) is 5.75 Å². The van der Waals surface area contributed by atoms with Crippen LogP contribution in [0.25, 0.3) is 0 Å². The van der Waals surface area contributed by atoms with Crippen LogP contribution in [0.15, 0.2) is 24.3 Å². The third-order valence-electron chi connectivity index (χ3n) is 1.01. The first-order chi connectivity index (χ1) is 4.34. The largest absolute Gasteiger partial charge is 0.507 e. The number of halogens is 1. The molecular weight excluding hydrogens is 138 g/mol. The van der Waals surface area contributed by atoms with Gasteiger partial charge in [0.25, 0.3) is 0 Å². The first-order valence-electron chi connectivity index (χ1n) is 2.49. The number of para-hydroxylation sites is 1. The normalized spacial score (nSPS) is 10.8. The number of phenols is 1. The van der Waals surface area contributed by atoms with Crippen LogP contribution in [0, 0.1) is 0 Å². The Balaban J connectivity index is 3.01. The summed E-state index contributed by atoms with van der Waals surface area (Å²) < 4.78 is 11.9. The lowest BCUT2D eigenvalue weighted by atomic mass is 10.3. The van der Waals surface area contributed by atoms with E-state index in [1.807, 2.05) is 0 Å². The Kier molecular flexibility index (Phi) is 2.01. The smallest absolute Gasteiger partial charge is 0.125 e. The van der Waals surface area contributed by atoms with Crippen molar-refractivity contribution < 1.29 is 9.30 Å². The van der Waals surface area contributed by atoms with E-state index >= 15 is 0 Å². The van der Waals surface area contributed by atoms with Gasteiger partial charge < -0.3 is 5.11 Å². The van der Waals surface area contributed by atoms with Gasteiger partial charge in [0.2, 0.25) is 0 Å². The van der Waals surface area contributed by atoms with Gasteiger partial charge in [0.05, 0.1) is 0 Å². The van der Waals surface area contributed by atoms with Gasteiger partial charge in [-0.1, -0.05) is 12.1 Å². The van der Waals surface area contributed by atoms with Crippen LogP contribution in [0.1, 0.15) is 0 Å². The number of aromatic hydroxyl groups is 1. The topological polar surface area (TPSA) is 20.2 Å². The number of hydrogen-bond acceptors (Lipinski definition) is 1. The molecule has 1 unspecified atom stereocenters. The van der Waals surface area contributed by atoms with E-state index in [2.05, 4.69) is 0 Å². The molecule has 0 amide bonds. The van der Waals surface area contributed by atoms with Crippen molar-refractivity contribution in [2.75, 3.05) is 0 Å². The Morgan fingerprint density at radius 2 is 2.00 bits per heavy atom. The molecule has 1 nitrogen and oxygen atoms in total. The van der Waals surface area contributed by atoms with Gasteiger partial charge in [-0.25, -0.2) is 4.20 Å². The van der Waals surface area contributed by atoms with Crippen LogP contribution in [-0.4, -0.2) is 5.11 Å². The highest BCUT2D eigenvalue weighted by Crippen LogP contribution is 2.17. The molecule has 3 heteroatoms. The molecule has 1 aromatic carbocycles. The van der Waals surface area contributed by atoms with Gasteiger partial charge in [-0.15, -0.1) is 0 Å². The molecule has 0 aliphatic heterocycles. The average Bonchev–Trinajstić information content (AvgIpc) is 1.89. The van der Waals surface area contributed by atoms with Crippen LogP contribution < -0.4 is 5.30 Å². The van der Waals surface area contributed by atoms with Crippen LogP contribution in [0.3, 0.4) is 0 Å². The van der Waals surface area contributed by atoms with E-state index in [0.29, 0.717) is 5.30 Å². The van der Waals surface area contributed by atoms with Crippen molar-refractivity contribution in [2.24, 2.45) is 0 Å². The van der Waals surface area contributed by atoms with E-state index in [1.165, 1.54) is 6.07 Å². The van der Waals surface area contributed by atoms with Crippen molar-refractivity contribution in [1.29, 1.82) is 0 Å². The van der Waals surface area contributed by atoms with E-state index in [4.69, 9.17) is 5.11 Å². The van der Waals surface area contributed by atoms with Gasteiger partial charge in [0, 0.05) is 5.30 Å². The molecule has 0 heterocycles. The minimum atomic E-state index is -0.821. The Bertz CT molecular complexity index is 202. The summed E-state index contributed by atoms with van der Waals surface area (Å²) in [6, 6.07) is 6.40. The molecule has 0 aliphatic carbocycles. The second-order valence-corrected chi connectivity index (χ2v) is 2.34. The first-order valence-corrected chi connectivity index (χ1v) is 3.37. The summed E-state index contributed by atoms with van der Waals surface area (Å²) in [6.45, 7) is 0. The Morgan fingerprint density at radius 1 is 1.33 bits per heavy atom. The summed E-state index contributed by atoms with van der Waals surface area (Å²) in [5.74, 6) is 0.0401. The number of hydrogen-bond donors (Lipinski definition) is 1. The van der Waals surface area contributed by atoms with Crippen LogP contribution in [0.2, 0.25) is 0 Å². The van der Waals surface area contributed by atoms with Gasteiger partial charge in [-0.3, -0.25) is 0 Å². The fraction of sp³-hybridized carbons (Fsp3) is 0. The van der Waals surface area contributed by atoms with E-state index in [1.54, 1.807) is 18.2 Å². The highest BCUT2D eigenvalue weighted by molar-refractivity contribution is 7.41. The van der Waals surface area contributed by atoms with Crippen molar-refractivity contribution in [2.45, 2.75) is 0 Å². The van der Waals surface area contributed by atoms with E-state index in [-0.39, 0.29) is 5.75 Å². The van der Waals surface area contributed by atoms with Crippen molar-refractivity contribution in [1.82, 2.24) is 0 Å². The van der Waals surface area contributed by atoms with Crippen molar-refractivity contribution in [3.63, 3.8) is 0 Å². The molecule has 0 bridgehead atoms. The predicted molar refractivity (Wildman–Crippen MR) is 37.2 cm³/mol. The second-order valence-electron chi connectivity index (χ2n) is 1.61. The standard InChI is InChI=1S/C6H6FOP/c7-9-6-4-2-1-3-5(6)8/h1-4,8-9H. The number of rotatable bonds is 1. The molecule has 0 radical (unpaired) electrons. The summed E-state index contributed by atoms with van der Waals surface area (Å²) in [7, 11) is -0.821. The molecule has 9 heavy (non-hydrogen) atoms. The molecule has 48 valence electrons. The van der Waals surface area contributed by atoms with E-state index in [9.17, 15) is 4.20 Å². The SMILES string of the molecule is Oc1ccccc1PF. The van der Waals surface area contributed by atoms with Gasteiger partial charge in [0.1, 0.15) is 14.6 Å². The monoisotopic (exact) mass is 144 g/mol. The lowest BCUT2D eigenvalue weighted by Crippen LogP contribution is -1.89. The minimum absolute atomic E-state index is 0.0401. The molecule has 1 aromatic rings. The molecule has 1 rings (SSSR count). The molecule has 0 spiro atoms. The second kappa shape index (κ2) is 2.79. The quantitative estimate of drug-likeness (QED) is 0.593. The highest BCUT2D eigenvalue weighted by atomic mass is 31.1. The highest BCUT2D eigenvalue weighted by Gasteiger charge is 1.95. The molecule has 0 fully saturated rings. The maximum Gasteiger partial charge on any atom is 0.125 e. The number of benzene rings is 1. The molecule has 0 aliphatic rings. The fourth-order valence-electron chi connectivity index (χ4n) is 0.554. The minimum Gasteiger partial charge on any atom is -0.507 e. The zero-order valence-corrected chi connectivity index (χ0v) is 5.63. The summed E-state index contributed by atoms with van der Waals surface area (Å²) >= 11 is 0. The van der Waals surface area contributed by atoms with Crippen LogP contribution in [-0.2, 0) is 0 Å². The average molecular weight is 144 g/mol. The Morgan fingerprint density at radius 3 is 2.44 bits per heavy atom. The van der Waals surface area contributed by atoms with E-state index < -0.39 is 8.89 Å². The van der Waals surface area contributed by atoms with Crippen molar-refractivity contribution in [3.05, 3.63) is 24.3 Å². The maximum atomic E-state index is 11.9. The van der Waals surface area contributed by atoms with Crippen LogP contribution >= 0.6 is 8.89 Å². The number of phenolic OH excluding ortho intramolecular Hbond substituents is 1. The predicted octanol–water partition coefficient (Wildman–Crippen LogP) is 1.58. The van der Waals surface area contributed by atoms with Crippen molar-refractivity contribution in [3.8, 4) is 5.75 Å². The van der Waals surface area contributed by atoms with Crippen LogP contribution in [0.4, 0.5) is 4.20 Å². The molecule has 0 saturated carbocycles.